The lowest BCUT2D eigenvalue weighted by Gasteiger charge is -2.06. The Morgan fingerprint density at radius 3 is 2.80 bits per heavy atom. The molecule has 2 aromatic heterocycles. The Hall–Kier alpha value is -5.10. The lowest BCUT2D eigenvalue weighted by molar-refractivity contribution is -0.384. The number of benzene rings is 2. The molecule has 0 radical (unpaired) electrons. The van der Waals surface area contributed by atoms with Gasteiger partial charge in [0.25, 0.3) is 11.6 Å². The molecule has 0 bridgehead atoms. The Labute approximate surface area is 238 Å². The van der Waals surface area contributed by atoms with Crippen LogP contribution in [0.2, 0.25) is 0 Å². The van der Waals surface area contributed by atoms with Crippen LogP contribution in [0.1, 0.15) is 32.1 Å². The minimum atomic E-state index is -0.694. The Balaban J connectivity index is 1.26. The first-order valence-corrected chi connectivity index (χ1v) is 13.6. The summed E-state index contributed by atoms with van der Waals surface area (Å²) in [6.45, 7) is 0.726. The number of nitrogen functional groups attached to an aromatic ring is 1. The number of nitrogens with two attached hydrogens (primary N) is 1. The molecule has 2 aromatic carbocycles. The van der Waals surface area contributed by atoms with Crippen molar-refractivity contribution in [2.75, 3.05) is 18.0 Å². The molecule has 1 aliphatic rings. The number of esters is 1. The summed E-state index contributed by atoms with van der Waals surface area (Å²) in [5.74, 6) is 0.127. The Kier molecular flexibility index (Phi) is 8.30. The van der Waals surface area contributed by atoms with E-state index in [-0.39, 0.29) is 34.3 Å². The summed E-state index contributed by atoms with van der Waals surface area (Å²) in [7, 11) is 0. The second-order valence-corrected chi connectivity index (χ2v) is 10.3. The molecule has 1 amide bonds. The summed E-state index contributed by atoms with van der Waals surface area (Å²) >= 11 is 3.03. The fraction of sp³-hybridized carbons (Fsp3) is 0.130. The number of aromatic nitrogens is 5. The molecule has 208 valence electrons. The third-order valence-electron chi connectivity index (χ3n) is 5.33. The van der Waals surface area contributed by atoms with Gasteiger partial charge in [0.15, 0.2) is 5.69 Å². The second-order valence-electron chi connectivity index (χ2n) is 8.02. The Bertz CT molecular complexity index is 1670. The van der Waals surface area contributed by atoms with Crippen LogP contribution in [0.3, 0.4) is 0 Å². The molecule has 0 spiro atoms. The van der Waals surface area contributed by atoms with Crippen molar-refractivity contribution in [1.82, 2.24) is 30.7 Å². The van der Waals surface area contributed by atoms with Crippen molar-refractivity contribution in [1.29, 1.82) is 0 Å². The number of hydrogen-bond acceptors (Lipinski definition) is 15. The number of hydrogen-bond donors (Lipinski definition) is 2. The van der Waals surface area contributed by atoms with E-state index < -0.39 is 16.8 Å². The van der Waals surface area contributed by atoms with E-state index in [1.807, 2.05) is 0 Å². The van der Waals surface area contributed by atoms with Gasteiger partial charge in [-0.05, 0) is 40.1 Å². The number of anilines is 1. The molecule has 0 saturated carbocycles. The molecule has 0 saturated heterocycles. The van der Waals surface area contributed by atoms with Crippen LogP contribution >= 0.6 is 23.5 Å². The zero-order valence-electron chi connectivity index (χ0n) is 20.7. The van der Waals surface area contributed by atoms with E-state index in [1.54, 1.807) is 30.0 Å². The van der Waals surface area contributed by atoms with Gasteiger partial charge < -0.3 is 10.5 Å². The van der Waals surface area contributed by atoms with Gasteiger partial charge in [-0.15, -0.1) is 5.10 Å². The van der Waals surface area contributed by atoms with Crippen LogP contribution in [-0.2, 0) is 5.75 Å². The predicted octanol–water partition coefficient (Wildman–Crippen LogP) is 2.46. The first-order valence-electron chi connectivity index (χ1n) is 11.6. The van der Waals surface area contributed by atoms with Gasteiger partial charge in [-0.3, -0.25) is 19.9 Å². The molecule has 4 aromatic rings. The first kappa shape index (κ1) is 27.5. The third kappa shape index (κ3) is 6.56. The van der Waals surface area contributed by atoms with Gasteiger partial charge in [0.05, 0.1) is 28.9 Å². The minimum Gasteiger partial charge on any atom is -0.423 e. The first-order chi connectivity index (χ1) is 19.9. The van der Waals surface area contributed by atoms with Crippen LogP contribution in [0.15, 0.2) is 63.3 Å². The lowest BCUT2D eigenvalue weighted by atomic mass is 10.2. The number of thioether (sulfide) groups is 2. The number of nitro benzene ring substituents is 1. The molecular weight excluding hydrogens is 576 g/mol. The quantitative estimate of drug-likeness (QED) is 0.0936. The Morgan fingerprint density at radius 2 is 2.10 bits per heavy atom. The number of carbonyl (C=O) groups excluding carboxylic acids is 2. The van der Waals surface area contributed by atoms with Crippen molar-refractivity contribution >= 4 is 57.5 Å². The summed E-state index contributed by atoms with van der Waals surface area (Å²) < 4.78 is 12.2. The second kappa shape index (κ2) is 12.4. The molecule has 18 heteroatoms. The monoisotopic (exact) mass is 594 g/mol. The van der Waals surface area contributed by atoms with E-state index in [2.05, 4.69) is 40.8 Å². The van der Waals surface area contributed by atoms with Crippen LogP contribution in [0.5, 0.6) is 5.75 Å². The maximum Gasteiger partial charge on any atom is 0.343 e. The molecule has 0 fully saturated rings. The van der Waals surface area contributed by atoms with E-state index in [0.29, 0.717) is 17.0 Å². The van der Waals surface area contributed by atoms with Gasteiger partial charge in [0, 0.05) is 23.6 Å². The smallest absolute Gasteiger partial charge is 0.343 e. The molecule has 1 aliphatic heterocycles. The van der Waals surface area contributed by atoms with E-state index in [9.17, 15) is 19.7 Å². The van der Waals surface area contributed by atoms with Gasteiger partial charge >= 0.3 is 5.97 Å². The molecule has 3 heterocycles. The normalized spacial score (nSPS) is 12.8. The summed E-state index contributed by atoms with van der Waals surface area (Å²) in [4.78, 5) is 40.0. The van der Waals surface area contributed by atoms with Crippen molar-refractivity contribution in [3.8, 4) is 11.6 Å². The average molecular weight is 595 g/mol. The van der Waals surface area contributed by atoms with Crippen molar-refractivity contribution in [3.63, 3.8) is 0 Å². The number of carbonyl (C=O) groups is 2. The predicted molar refractivity (Wildman–Crippen MR) is 149 cm³/mol. The molecule has 41 heavy (non-hydrogen) atoms. The maximum absolute atomic E-state index is 13.0. The number of nitrogens with one attached hydrogen (secondary N) is 1. The molecule has 0 unspecified atom stereocenters. The van der Waals surface area contributed by atoms with Crippen LogP contribution < -0.4 is 15.9 Å². The van der Waals surface area contributed by atoms with Crippen molar-refractivity contribution in [3.05, 3.63) is 81.2 Å². The van der Waals surface area contributed by atoms with Crippen molar-refractivity contribution in [2.45, 2.75) is 5.75 Å². The van der Waals surface area contributed by atoms with E-state index in [1.165, 1.54) is 53.0 Å². The number of aliphatic imine (C=N–C) groups is 1. The molecule has 0 atom stereocenters. The number of ether oxygens (including phenoxy) is 1. The highest BCUT2D eigenvalue weighted by atomic mass is 32.2. The van der Waals surface area contributed by atoms with Gasteiger partial charge in [-0.1, -0.05) is 40.9 Å². The molecule has 16 nitrogen and oxygen atoms in total. The van der Waals surface area contributed by atoms with Crippen molar-refractivity contribution in [2.24, 2.45) is 10.1 Å². The highest BCUT2D eigenvalue weighted by molar-refractivity contribution is 8.38. The van der Waals surface area contributed by atoms with Crippen molar-refractivity contribution < 1.29 is 23.9 Å². The number of non-ortho nitro benzene ring substituents is 1. The number of nitro groups is 1. The van der Waals surface area contributed by atoms with Gasteiger partial charge in [-0.25, -0.2) is 14.8 Å². The number of nitrogens with zero attached hydrogens (tertiary/aromatic N) is 8. The Morgan fingerprint density at radius 1 is 1.27 bits per heavy atom. The zero-order chi connectivity index (χ0) is 28.8. The molecule has 5 rings (SSSR count). The van der Waals surface area contributed by atoms with E-state index in [4.69, 9.17) is 10.5 Å². The van der Waals surface area contributed by atoms with Crippen LogP contribution in [0.4, 0.5) is 11.5 Å². The van der Waals surface area contributed by atoms with E-state index >= 15 is 0 Å². The highest BCUT2D eigenvalue weighted by Crippen LogP contribution is 2.27. The fourth-order valence-corrected chi connectivity index (χ4v) is 5.41. The summed E-state index contributed by atoms with van der Waals surface area (Å²) in [6, 6.07) is 11.4. The van der Waals surface area contributed by atoms with Gasteiger partial charge in [0.2, 0.25) is 11.6 Å². The fourth-order valence-electron chi connectivity index (χ4n) is 3.41. The number of rotatable bonds is 9. The standard InChI is InChI=1S/C23H18N10O6S2/c24-19-20(30-39-29-19)32-17(12-41-23-25-8-9-40-23)18(27-31-32)21(34)28-26-11-13-2-1-3-16(10-13)38-22(35)14-4-6-15(7-5-14)33(36)37/h1-7,10-11H,8-9,12H2,(H2,24,29)(H,28,34)/b26-11-. The lowest BCUT2D eigenvalue weighted by Crippen LogP contribution is -2.20. The van der Waals surface area contributed by atoms with Crippen LogP contribution in [-0.4, -0.2) is 65.0 Å². The number of hydrazone groups is 1. The highest BCUT2D eigenvalue weighted by Gasteiger charge is 2.25. The average Bonchev–Trinajstić information content (AvgIpc) is 3.73. The molecular formula is C23H18N10O6S2. The minimum absolute atomic E-state index is 0.00794. The van der Waals surface area contributed by atoms with Crippen LogP contribution in [0.25, 0.3) is 5.82 Å². The number of amides is 1. The zero-order valence-corrected chi connectivity index (χ0v) is 22.4. The van der Waals surface area contributed by atoms with Gasteiger partial charge in [-0.2, -0.15) is 9.78 Å². The molecule has 0 aliphatic carbocycles. The third-order valence-corrected chi connectivity index (χ3v) is 7.59. The van der Waals surface area contributed by atoms with Crippen LogP contribution in [0, 0.1) is 10.1 Å². The summed E-state index contributed by atoms with van der Waals surface area (Å²) in [5.41, 5.74) is 9.11. The van der Waals surface area contributed by atoms with E-state index in [0.717, 1.165) is 16.7 Å². The summed E-state index contributed by atoms with van der Waals surface area (Å²) in [5, 5.41) is 30.1. The topological polar surface area (TPSA) is 219 Å². The summed E-state index contributed by atoms with van der Waals surface area (Å²) in [6.07, 6.45) is 1.35. The SMILES string of the molecule is Nc1nonc1-n1nnc(C(=O)N/N=C\c2cccc(OC(=O)c3ccc([N+](=O)[O-])cc3)c2)c1CSC1=NCCS1. The largest absolute Gasteiger partial charge is 0.423 e. The maximum atomic E-state index is 13.0. The molecule has 3 N–H and O–H groups in total. The van der Waals surface area contributed by atoms with Gasteiger partial charge in [0.1, 0.15) is 10.1 Å².